The predicted octanol–water partition coefficient (Wildman–Crippen LogP) is -0.0403. The molecule has 5 nitrogen and oxygen atoms in total. The molecule has 15 heavy (non-hydrogen) atoms. The fraction of sp³-hybridized carbons (Fsp3) is 0.200. The normalized spacial score (nSPS) is 9.67. The zero-order chi connectivity index (χ0) is 11.3. The van der Waals surface area contributed by atoms with Gasteiger partial charge in [-0.15, -0.1) is 0 Å². The van der Waals surface area contributed by atoms with Crippen LogP contribution >= 0.6 is 0 Å². The minimum atomic E-state index is -1.08. The topological polar surface area (TPSA) is 92.4 Å². The number of hydrogen-bond donors (Lipinski definition) is 3. The molecule has 0 saturated heterocycles. The second kappa shape index (κ2) is 5.11. The number of benzene rings is 1. The third kappa shape index (κ3) is 3.07. The molecule has 0 spiro atoms. The van der Waals surface area contributed by atoms with Gasteiger partial charge in [-0.2, -0.15) is 0 Å². The quantitative estimate of drug-likeness (QED) is 0.647. The van der Waals surface area contributed by atoms with E-state index < -0.39 is 18.4 Å². The van der Waals surface area contributed by atoms with Gasteiger partial charge in [-0.05, 0) is 11.6 Å². The zero-order valence-electron chi connectivity index (χ0n) is 8.06. The molecule has 0 unspecified atom stereocenters. The molecule has 0 heterocycles. The third-order valence-corrected chi connectivity index (χ3v) is 1.88. The maximum absolute atomic E-state index is 11.5. The maximum atomic E-state index is 11.5. The lowest BCUT2D eigenvalue weighted by atomic mass is 10.1. The lowest BCUT2D eigenvalue weighted by Crippen LogP contribution is -2.30. The van der Waals surface area contributed by atoms with Crippen molar-refractivity contribution in [3.05, 3.63) is 35.4 Å². The fourth-order valence-corrected chi connectivity index (χ4v) is 1.17. The minimum absolute atomic E-state index is 0.247. The molecular formula is C10H12N2O3. The highest BCUT2D eigenvalue weighted by atomic mass is 16.4. The SMILES string of the molecule is NCc1ccccc1C(=O)NCC(=O)O. The van der Waals surface area contributed by atoms with E-state index in [0.717, 1.165) is 0 Å². The Kier molecular flexibility index (Phi) is 3.82. The van der Waals surface area contributed by atoms with Gasteiger partial charge in [0.05, 0.1) is 0 Å². The van der Waals surface area contributed by atoms with Gasteiger partial charge in [0.25, 0.3) is 5.91 Å². The van der Waals surface area contributed by atoms with Crippen molar-refractivity contribution in [3.8, 4) is 0 Å². The lowest BCUT2D eigenvalue weighted by Gasteiger charge is -2.06. The van der Waals surface area contributed by atoms with Gasteiger partial charge in [0.15, 0.2) is 0 Å². The van der Waals surface area contributed by atoms with Crippen LogP contribution in [0.25, 0.3) is 0 Å². The number of nitrogens with two attached hydrogens (primary N) is 1. The van der Waals surface area contributed by atoms with Crippen molar-refractivity contribution >= 4 is 11.9 Å². The maximum Gasteiger partial charge on any atom is 0.322 e. The van der Waals surface area contributed by atoms with Crippen LogP contribution in [0.2, 0.25) is 0 Å². The largest absolute Gasteiger partial charge is 0.480 e. The highest BCUT2D eigenvalue weighted by molar-refractivity contribution is 5.97. The van der Waals surface area contributed by atoms with Gasteiger partial charge in [-0.3, -0.25) is 9.59 Å². The number of carbonyl (C=O) groups is 2. The van der Waals surface area contributed by atoms with E-state index in [2.05, 4.69) is 5.32 Å². The van der Waals surface area contributed by atoms with Crippen LogP contribution in [0.1, 0.15) is 15.9 Å². The van der Waals surface area contributed by atoms with Crippen LogP contribution in [-0.2, 0) is 11.3 Å². The summed E-state index contributed by atoms with van der Waals surface area (Å²) < 4.78 is 0. The Hall–Kier alpha value is -1.88. The highest BCUT2D eigenvalue weighted by Crippen LogP contribution is 2.07. The van der Waals surface area contributed by atoms with Crippen LogP contribution in [0.3, 0.4) is 0 Å². The second-order valence-electron chi connectivity index (χ2n) is 2.94. The standard InChI is InChI=1S/C10H12N2O3/c11-5-7-3-1-2-4-8(7)10(15)12-6-9(13)14/h1-4H,5-6,11H2,(H,12,15)(H,13,14). The molecule has 1 amide bonds. The predicted molar refractivity (Wildman–Crippen MR) is 54.3 cm³/mol. The molecule has 5 heteroatoms. The second-order valence-corrected chi connectivity index (χ2v) is 2.94. The first-order chi connectivity index (χ1) is 7.15. The van der Waals surface area contributed by atoms with Crippen LogP contribution in [0.5, 0.6) is 0 Å². The van der Waals surface area contributed by atoms with E-state index in [-0.39, 0.29) is 6.54 Å². The number of aliphatic carboxylic acids is 1. The number of hydrogen-bond acceptors (Lipinski definition) is 3. The number of rotatable bonds is 4. The van der Waals surface area contributed by atoms with Crippen LogP contribution in [0.15, 0.2) is 24.3 Å². The first-order valence-electron chi connectivity index (χ1n) is 4.43. The van der Waals surface area contributed by atoms with E-state index >= 15 is 0 Å². The van der Waals surface area contributed by atoms with Crippen molar-refractivity contribution < 1.29 is 14.7 Å². The third-order valence-electron chi connectivity index (χ3n) is 1.88. The molecule has 80 valence electrons. The molecule has 0 aliphatic rings. The van der Waals surface area contributed by atoms with E-state index in [1.54, 1.807) is 24.3 Å². The van der Waals surface area contributed by atoms with Crippen LogP contribution in [0.4, 0.5) is 0 Å². The fourth-order valence-electron chi connectivity index (χ4n) is 1.17. The molecule has 0 atom stereocenters. The van der Waals surface area contributed by atoms with Crippen LogP contribution < -0.4 is 11.1 Å². The van der Waals surface area contributed by atoms with E-state index in [4.69, 9.17) is 10.8 Å². The Balaban J connectivity index is 2.77. The van der Waals surface area contributed by atoms with Gasteiger partial charge < -0.3 is 16.2 Å². The summed E-state index contributed by atoms with van der Waals surface area (Å²) in [6, 6.07) is 6.82. The van der Waals surface area contributed by atoms with Crippen molar-refractivity contribution in [3.63, 3.8) is 0 Å². The molecule has 0 fully saturated rings. The molecule has 0 aliphatic carbocycles. The molecule has 4 N–H and O–H groups in total. The molecule has 0 radical (unpaired) electrons. The van der Waals surface area contributed by atoms with Gasteiger partial charge in [0.1, 0.15) is 6.54 Å². The summed E-state index contributed by atoms with van der Waals surface area (Å²) in [5, 5.41) is 10.7. The highest BCUT2D eigenvalue weighted by Gasteiger charge is 2.10. The molecule has 0 aliphatic heterocycles. The summed E-state index contributed by atoms with van der Waals surface area (Å²) >= 11 is 0. The Labute approximate surface area is 86.9 Å². The molecule has 1 aromatic rings. The van der Waals surface area contributed by atoms with E-state index in [1.807, 2.05) is 0 Å². The Morgan fingerprint density at radius 1 is 1.33 bits per heavy atom. The Bertz CT molecular complexity index is 377. The zero-order valence-corrected chi connectivity index (χ0v) is 8.06. The van der Waals surface area contributed by atoms with E-state index in [9.17, 15) is 9.59 Å². The van der Waals surface area contributed by atoms with Crippen molar-refractivity contribution in [2.75, 3.05) is 6.54 Å². The molecule has 1 aromatic carbocycles. The summed E-state index contributed by atoms with van der Waals surface area (Å²) in [4.78, 5) is 21.7. The molecule has 1 rings (SSSR count). The first-order valence-corrected chi connectivity index (χ1v) is 4.43. The van der Waals surface area contributed by atoms with Gasteiger partial charge >= 0.3 is 5.97 Å². The Morgan fingerprint density at radius 3 is 2.60 bits per heavy atom. The monoisotopic (exact) mass is 208 g/mol. The summed E-state index contributed by atoms with van der Waals surface area (Å²) in [7, 11) is 0. The van der Waals surface area contributed by atoms with Crippen LogP contribution in [-0.4, -0.2) is 23.5 Å². The summed E-state index contributed by atoms with van der Waals surface area (Å²) in [6.07, 6.45) is 0. The smallest absolute Gasteiger partial charge is 0.322 e. The van der Waals surface area contributed by atoms with Gasteiger partial charge in [-0.1, -0.05) is 18.2 Å². The number of carboxylic acids is 1. The number of carboxylic acid groups (broad SMARTS) is 1. The Morgan fingerprint density at radius 2 is 2.00 bits per heavy atom. The average molecular weight is 208 g/mol. The van der Waals surface area contributed by atoms with Crippen molar-refractivity contribution in [2.45, 2.75) is 6.54 Å². The number of carbonyl (C=O) groups excluding carboxylic acids is 1. The lowest BCUT2D eigenvalue weighted by molar-refractivity contribution is -0.135. The molecule has 0 bridgehead atoms. The summed E-state index contributed by atoms with van der Waals surface area (Å²) in [5.41, 5.74) is 6.56. The minimum Gasteiger partial charge on any atom is -0.480 e. The van der Waals surface area contributed by atoms with Gasteiger partial charge in [-0.25, -0.2) is 0 Å². The van der Waals surface area contributed by atoms with Crippen LogP contribution in [0, 0.1) is 0 Å². The number of amides is 1. The van der Waals surface area contributed by atoms with E-state index in [1.165, 1.54) is 0 Å². The average Bonchev–Trinajstić information content (AvgIpc) is 2.25. The molecule has 0 aromatic heterocycles. The molecular weight excluding hydrogens is 196 g/mol. The van der Waals surface area contributed by atoms with E-state index in [0.29, 0.717) is 11.1 Å². The first kappa shape index (κ1) is 11.2. The number of nitrogens with one attached hydrogen (secondary N) is 1. The van der Waals surface area contributed by atoms with Crippen molar-refractivity contribution in [1.29, 1.82) is 0 Å². The van der Waals surface area contributed by atoms with Gasteiger partial charge in [0.2, 0.25) is 0 Å². The summed E-state index contributed by atoms with van der Waals surface area (Å²) in [5.74, 6) is -1.49. The summed E-state index contributed by atoms with van der Waals surface area (Å²) in [6.45, 7) is -0.144. The van der Waals surface area contributed by atoms with Crippen molar-refractivity contribution in [1.82, 2.24) is 5.32 Å². The van der Waals surface area contributed by atoms with Gasteiger partial charge in [0, 0.05) is 12.1 Å². The molecule has 0 saturated carbocycles. The van der Waals surface area contributed by atoms with Crippen molar-refractivity contribution in [2.24, 2.45) is 5.73 Å².